The molecular formula is C32H34N4P2. The van der Waals surface area contributed by atoms with Gasteiger partial charge in [0.05, 0.1) is 0 Å². The van der Waals surface area contributed by atoms with Crippen molar-refractivity contribution >= 4 is 28.3 Å². The van der Waals surface area contributed by atoms with E-state index in [9.17, 15) is 0 Å². The van der Waals surface area contributed by atoms with E-state index >= 15 is 0 Å². The van der Waals surface area contributed by atoms with E-state index in [4.69, 9.17) is 19.9 Å². The highest BCUT2D eigenvalue weighted by Crippen LogP contribution is 2.64. The first-order valence-corrected chi connectivity index (χ1v) is 16.3. The van der Waals surface area contributed by atoms with Crippen LogP contribution in [0, 0.1) is 23.7 Å². The lowest BCUT2D eigenvalue weighted by molar-refractivity contribution is -0.0520. The molecule has 38 heavy (non-hydrogen) atoms. The zero-order valence-electron chi connectivity index (χ0n) is 21.7. The third-order valence-corrected chi connectivity index (χ3v) is 12.0. The predicted molar refractivity (Wildman–Crippen MR) is 159 cm³/mol. The summed E-state index contributed by atoms with van der Waals surface area (Å²) in [5.74, 6) is 3.39. The molecular weight excluding hydrogens is 502 g/mol. The molecule has 4 saturated carbocycles. The number of hydrogen-bond donors (Lipinski definition) is 0. The van der Waals surface area contributed by atoms with Crippen LogP contribution in [0.25, 0.3) is 11.1 Å². The largest absolute Gasteiger partial charge is 0.237 e. The molecule has 0 N–H and O–H groups in total. The Balaban J connectivity index is 1.39. The van der Waals surface area contributed by atoms with Gasteiger partial charge in [0.15, 0.2) is 11.1 Å². The van der Waals surface area contributed by atoms with Crippen molar-refractivity contribution in [1.82, 2.24) is 19.9 Å². The molecule has 4 aliphatic carbocycles. The van der Waals surface area contributed by atoms with E-state index in [0.29, 0.717) is 0 Å². The first kappa shape index (κ1) is 24.5. The van der Waals surface area contributed by atoms with Crippen molar-refractivity contribution in [3.05, 3.63) is 96.6 Å². The van der Waals surface area contributed by atoms with Gasteiger partial charge in [-0.25, -0.2) is 19.9 Å². The highest BCUT2D eigenvalue weighted by Gasteiger charge is 2.57. The molecule has 0 spiro atoms. The van der Waals surface area contributed by atoms with Gasteiger partial charge in [0.25, 0.3) is 0 Å². The monoisotopic (exact) mass is 536 g/mol. The van der Waals surface area contributed by atoms with Gasteiger partial charge in [-0.05, 0) is 102 Å². The molecule has 0 radical (unpaired) electrons. The fraction of sp³-hybridized carbons (Fsp3) is 0.375. The molecule has 4 aromatic rings. The van der Waals surface area contributed by atoms with E-state index in [2.05, 4.69) is 57.8 Å². The van der Waals surface area contributed by atoms with E-state index in [1.807, 2.05) is 36.9 Å². The topological polar surface area (TPSA) is 51.6 Å². The van der Waals surface area contributed by atoms with Crippen molar-refractivity contribution in [2.75, 3.05) is 6.16 Å². The summed E-state index contributed by atoms with van der Waals surface area (Å²) in [6, 6.07) is 21.9. The lowest BCUT2D eigenvalue weighted by Gasteiger charge is -2.62. The Kier molecular flexibility index (Phi) is 6.58. The van der Waals surface area contributed by atoms with Gasteiger partial charge in [-0.2, -0.15) is 0 Å². The quantitative estimate of drug-likeness (QED) is 0.267. The number of hydrogen-bond acceptors (Lipinski definition) is 4. The Labute approximate surface area is 229 Å². The summed E-state index contributed by atoms with van der Waals surface area (Å²) in [6.07, 6.45) is 16.5. The summed E-state index contributed by atoms with van der Waals surface area (Å²) in [6.45, 7) is 0. The van der Waals surface area contributed by atoms with Crippen LogP contribution in [0.2, 0.25) is 0 Å². The van der Waals surface area contributed by atoms with Crippen LogP contribution < -0.4 is 11.1 Å². The molecule has 4 atom stereocenters. The minimum atomic E-state index is -0.934. The molecule has 0 amide bonds. The van der Waals surface area contributed by atoms with Gasteiger partial charge in [-0.1, -0.05) is 48.5 Å². The summed E-state index contributed by atoms with van der Waals surface area (Å²) >= 11 is 0. The van der Waals surface area contributed by atoms with Crippen LogP contribution in [0.4, 0.5) is 0 Å². The number of nitrogens with zero attached hydrogens (tertiary/aromatic N) is 4. The fourth-order valence-electron chi connectivity index (χ4n) is 8.27. The van der Waals surface area contributed by atoms with E-state index in [1.54, 1.807) is 5.56 Å². The first-order chi connectivity index (χ1) is 18.7. The lowest BCUT2D eigenvalue weighted by Crippen LogP contribution is -2.56. The summed E-state index contributed by atoms with van der Waals surface area (Å²) in [5.41, 5.74) is 7.58. The maximum Gasteiger partial charge on any atom is 0.158 e. The second-order valence-corrected chi connectivity index (χ2v) is 14.0. The van der Waals surface area contributed by atoms with Gasteiger partial charge in [-0.15, -0.1) is 9.24 Å². The molecule has 2 heterocycles. The SMILES string of the molecule is PCC1C2CC3CC(C2)CC1(c1ccc(-c2ccccc2)cc1CP(c1ncccn1)c1ncccn1)C3. The number of benzene rings is 2. The minimum absolute atomic E-state index is 0.275. The molecule has 2 aromatic heterocycles. The molecule has 4 nitrogen and oxygen atoms in total. The summed E-state index contributed by atoms with van der Waals surface area (Å²) < 4.78 is 0. The summed E-state index contributed by atoms with van der Waals surface area (Å²) in [5, 5.41) is 0. The highest BCUT2D eigenvalue weighted by molar-refractivity contribution is 7.71. The Hall–Kier alpha value is -2.54. The lowest BCUT2D eigenvalue weighted by atomic mass is 9.43. The predicted octanol–water partition coefficient (Wildman–Crippen LogP) is 6.14. The van der Waals surface area contributed by atoms with Gasteiger partial charge in [0, 0.05) is 38.9 Å². The molecule has 192 valence electrons. The van der Waals surface area contributed by atoms with Crippen molar-refractivity contribution in [1.29, 1.82) is 0 Å². The van der Waals surface area contributed by atoms with Crippen molar-refractivity contribution in [3.63, 3.8) is 0 Å². The highest BCUT2D eigenvalue weighted by atomic mass is 31.1. The standard InChI is InChI=1S/C32H34N4P2/c37-20-29-26-15-22-14-23(16-26)19-32(29,18-22)28-9-8-25(24-6-2-1-3-7-24)17-27(28)21-38(30-33-10-4-11-34-30)31-35-12-5-13-36-31/h1-13,17,22-23,26,29H,14-16,18-21,37H2. The number of aromatic nitrogens is 4. The van der Waals surface area contributed by atoms with E-state index in [0.717, 1.165) is 41.0 Å². The van der Waals surface area contributed by atoms with Crippen LogP contribution >= 0.6 is 17.2 Å². The second-order valence-electron chi connectivity index (χ2n) is 11.5. The second kappa shape index (κ2) is 10.2. The number of rotatable bonds is 7. The zero-order valence-corrected chi connectivity index (χ0v) is 23.7. The molecule has 0 saturated heterocycles. The van der Waals surface area contributed by atoms with Crippen LogP contribution in [-0.2, 0) is 11.6 Å². The zero-order chi connectivity index (χ0) is 25.5. The molecule has 4 bridgehead atoms. The third kappa shape index (κ3) is 4.31. The van der Waals surface area contributed by atoms with E-state index in [1.165, 1.54) is 55.0 Å². The molecule has 8 rings (SSSR count). The Bertz CT molecular complexity index is 1350. The van der Waals surface area contributed by atoms with Gasteiger partial charge in [0.1, 0.15) is 0 Å². The van der Waals surface area contributed by atoms with Crippen LogP contribution in [0.1, 0.15) is 43.2 Å². The summed E-state index contributed by atoms with van der Waals surface area (Å²) in [4.78, 5) is 18.9. The van der Waals surface area contributed by atoms with Crippen molar-refractivity contribution in [2.45, 2.75) is 43.7 Å². The Morgan fingerprint density at radius 1 is 0.737 bits per heavy atom. The van der Waals surface area contributed by atoms with Crippen molar-refractivity contribution in [2.24, 2.45) is 23.7 Å². The van der Waals surface area contributed by atoms with Gasteiger partial charge >= 0.3 is 0 Å². The maximum atomic E-state index is 4.72. The summed E-state index contributed by atoms with van der Waals surface area (Å²) in [7, 11) is 2.20. The minimum Gasteiger partial charge on any atom is -0.237 e. The molecule has 4 unspecified atom stereocenters. The van der Waals surface area contributed by atoms with Crippen LogP contribution in [0.3, 0.4) is 0 Å². The van der Waals surface area contributed by atoms with Gasteiger partial charge < -0.3 is 0 Å². The first-order valence-electron chi connectivity index (χ1n) is 13.9. The smallest absolute Gasteiger partial charge is 0.158 e. The van der Waals surface area contributed by atoms with E-state index in [-0.39, 0.29) is 5.41 Å². The average Bonchev–Trinajstić information content (AvgIpc) is 2.97. The molecule has 2 aromatic carbocycles. The molecule has 0 aliphatic heterocycles. The normalized spacial score (nSPS) is 27.6. The average molecular weight is 537 g/mol. The Morgan fingerprint density at radius 3 is 1.97 bits per heavy atom. The molecule has 4 fully saturated rings. The van der Waals surface area contributed by atoms with Crippen LogP contribution in [0.15, 0.2) is 85.5 Å². The Morgan fingerprint density at radius 2 is 1.37 bits per heavy atom. The molecule has 6 heteroatoms. The van der Waals surface area contributed by atoms with Crippen LogP contribution in [-0.4, -0.2) is 26.1 Å². The van der Waals surface area contributed by atoms with Gasteiger partial charge in [-0.3, -0.25) is 0 Å². The van der Waals surface area contributed by atoms with Crippen molar-refractivity contribution in [3.8, 4) is 11.1 Å². The maximum absolute atomic E-state index is 4.72. The van der Waals surface area contributed by atoms with Crippen molar-refractivity contribution < 1.29 is 0 Å². The molecule has 4 aliphatic rings. The van der Waals surface area contributed by atoms with Gasteiger partial charge in [0.2, 0.25) is 0 Å². The van der Waals surface area contributed by atoms with Crippen LogP contribution in [0.5, 0.6) is 0 Å². The van der Waals surface area contributed by atoms with E-state index < -0.39 is 7.92 Å². The fourth-order valence-corrected chi connectivity index (χ4v) is 11.0. The third-order valence-electron chi connectivity index (χ3n) is 9.44.